The lowest BCUT2D eigenvalue weighted by Crippen LogP contribution is -2.30. The van der Waals surface area contributed by atoms with Crippen molar-refractivity contribution in [3.8, 4) is 0 Å². The van der Waals surface area contributed by atoms with Crippen molar-refractivity contribution in [3.63, 3.8) is 0 Å². The first-order valence-electron chi connectivity index (χ1n) is 5.19. The number of benzene rings is 1. The van der Waals surface area contributed by atoms with E-state index in [2.05, 4.69) is 0 Å². The van der Waals surface area contributed by atoms with E-state index < -0.39 is 5.97 Å². The molecule has 1 aromatic carbocycles. The van der Waals surface area contributed by atoms with Crippen molar-refractivity contribution < 1.29 is 14.7 Å². The molecule has 17 heavy (non-hydrogen) atoms. The van der Waals surface area contributed by atoms with E-state index in [-0.39, 0.29) is 25.3 Å². The molecule has 0 aromatic heterocycles. The molecule has 0 bridgehead atoms. The zero-order valence-corrected chi connectivity index (χ0v) is 10.3. The number of carboxylic acid groups (broad SMARTS) is 1. The summed E-state index contributed by atoms with van der Waals surface area (Å²) in [4.78, 5) is 23.5. The van der Waals surface area contributed by atoms with Gasteiger partial charge in [-0.2, -0.15) is 0 Å². The molecule has 1 amide bonds. The van der Waals surface area contributed by atoms with Crippen LogP contribution in [0.1, 0.15) is 12.0 Å². The van der Waals surface area contributed by atoms with E-state index in [1.54, 1.807) is 31.3 Å². The standard InChI is InChI=1S/C12H14ClNO3/c1-14(7-6-12(16)17)11(15)8-9-2-4-10(13)5-3-9/h2-5H,6-8H2,1H3,(H,16,17). The molecule has 5 heteroatoms. The van der Waals surface area contributed by atoms with Gasteiger partial charge in [-0.05, 0) is 17.7 Å². The molecule has 1 N–H and O–H groups in total. The van der Waals surface area contributed by atoms with Gasteiger partial charge in [0.15, 0.2) is 0 Å². The van der Waals surface area contributed by atoms with Gasteiger partial charge in [-0.15, -0.1) is 0 Å². The van der Waals surface area contributed by atoms with Crippen LogP contribution in [-0.2, 0) is 16.0 Å². The minimum absolute atomic E-state index is 0.0388. The highest BCUT2D eigenvalue weighted by molar-refractivity contribution is 6.30. The average molecular weight is 256 g/mol. The molecule has 0 saturated heterocycles. The number of carboxylic acids is 1. The van der Waals surface area contributed by atoms with Crippen LogP contribution in [0, 0.1) is 0 Å². The summed E-state index contributed by atoms with van der Waals surface area (Å²) in [6.45, 7) is 0.224. The Morgan fingerprint density at radius 1 is 1.29 bits per heavy atom. The summed E-state index contributed by atoms with van der Waals surface area (Å²) in [6.07, 6.45) is 0.218. The summed E-state index contributed by atoms with van der Waals surface area (Å²) in [7, 11) is 1.60. The number of hydrogen-bond donors (Lipinski definition) is 1. The van der Waals surface area contributed by atoms with Crippen molar-refractivity contribution in [2.24, 2.45) is 0 Å². The molecule has 0 heterocycles. The smallest absolute Gasteiger partial charge is 0.305 e. The SMILES string of the molecule is CN(CCC(=O)O)C(=O)Cc1ccc(Cl)cc1. The van der Waals surface area contributed by atoms with Crippen molar-refractivity contribution in [1.29, 1.82) is 0 Å². The number of likely N-dealkylation sites (N-methyl/N-ethyl adjacent to an activating group) is 1. The van der Waals surface area contributed by atoms with E-state index in [9.17, 15) is 9.59 Å². The summed E-state index contributed by atoms with van der Waals surface area (Å²) in [6, 6.07) is 7.01. The largest absolute Gasteiger partial charge is 0.481 e. The fourth-order valence-corrected chi connectivity index (χ4v) is 1.43. The van der Waals surface area contributed by atoms with Gasteiger partial charge in [-0.3, -0.25) is 9.59 Å². The molecule has 92 valence electrons. The number of amides is 1. The minimum atomic E-state index is -0.906. The number of nitrogens with zero attached hydrogens (tertiary/aromatic N) is 1. The van der Waals surface area contributed by atoms with Gasteiger partial charge in [0.2, 0.25) is 5.91 Å². The predicted octanol–water partition coefficient (Wildman–Crippen LogP) is 1.82. The third-order valence-corrected chi connectivity index (χ3v) is 2.61. The highest BCUT2D eigenvalue weighted by Crippen LogP contribution is 2.10. The first-order chi connectivity index (χ1) is 7.99. The van der Waals surface area contributed by atoms with Crippen molar-refractivity contribution in [2.45, 2.75) is 12.8 Å². The summed E-state index contributed by atoms with van der Waals surface area (Å²) < 4.78 is 0. The molecule has 0 radical (unpaired) electrons. The Hall–Kier alpha value is -1.55. The number of rotatable bonds is 5. The molecular formula is C12H14ClNO3. The van der Waals surface area contributed by atoms with Crippen LogP contribution in [0.2, 0.25) is 5.02 Å². The van der Waals surface area contributed by atoms with Gasteiger partial charge in [0, 0.05) is 18.6 Å². The Bertz CT molecular complexity index is 403. The first-order valence-corrected chi connectivity index (χ1v) is 5.57. The van der Waals surface area contributed by atoms with Gasteiger partial charge in [-0.1, -0.05) is 23.7 Å². The van der Waals surface area contributed by atoms with Crippen molar-refractivity contribution in [2.75, 3.05) is 13.6 Å². The van der Waals surface area contributed by atoms with Crippen LogP contribution in [0.15, 0.2) is 24.3 Å². The Kier molecular flexibility index (Phi) is 4.97. The van der Waals surface area contributed by atoms with Crippen LogP contribution in [0.4, 0.5) is 0 Å². The molecule has 0 fully saturated rings. The normalized spacial score (nSPS) is 10.0. The van der Waals surface area contributed by atoms with Crippen molar-refractivity contribution in [3.05, 3.63) is 34.9 Å². The maximum atomic E-state index is 11.7. The lowest BCUT2D eigenvalue weighted by atomic mass is 10.1. The lowest BCUT2D eigenvalue weighted by Gasteiger charge is -2.15. The van der Waals surface area contributed by atoms with Gasteiger partial charge in [0.1, 0.15) is 0 Å². The zero-order valence-electron chi connectivity index (χ0n) is 9.52. The minimum Gasteiger partial charge on any atom is -0.481 e. The van der Waals surface area contributed by atoms with E-state index in [0.29, 0.717) is 5.02 Å². The fourth-order valence-electron chi connectivity index (χ4n) is 1.30. The van der Waals surface area contributed by atoms with Gasteiger partial charge in [-0.25, -0.2) is 0 Å². The monoisotopic (exact) mass is 255 g/mol. The highest BCUT2D eigenvalue weighted by Gasteiger charge is 2.10. The molecule has 0 aliphatic carbocycles. The second kappa shape index (κ2) is 6.25. The van der Waals surface area contributed by atoms with E-state index in [1.165, 1.54) is 4.90 Å². The summed E-state index contributed by atoms with van der Waals surface area (Å²) in [5.41, 5.74) is 0.863. The molecule has 0 saturated carbocycles. The first kappa shape index (κ1) is 13.5. The van der Waals surface area contributed by atoms with Crippen LogP contribution < -0.4 is 0 Å². The van der Waals surface area contributed by atoms with E-state index >= 15 is 0 Å². The van der Waals surface area contributed by atoms with Crippen molar-refractivity contribution >= 4 is 23.5 Å². The number of halogens is 1. The van der Waals surface area contributed by atoms with Gasteiger partial charge >= 0.3 is 5.97 Å². The quantitative estimate of drug-likeness (QED) is 0.873. The Balaban J connectivity index is 2.48. The molecule has 1 aromatic rings. The molecule has 0 aliphatic heterocycles. The number of aliphatic carboxylic acids is 1. The third kappa shape index (κ3) is 4.87. The maximum Gasteiger partial charge on any atom is 0.305 e. The van der Waals surface area contributed by atoms with Crippen LogP contribution in [0.25, 0.3) is 0 Å². The Morgan fingerprint density at radius 3 is 2.41 bits per heavy atom. The summed E-state index contributed by atoms with van der Waals surface area (Å²) in [5, 5.41) is 9.14. The van der Waals surface area contributed by atoms with Gasteiger partial charge < -0.3 is 10.0 Å². The number of carbonyl (C=O) groups excluding carboxylic acids is 1. The fraction of sp³-hybridized carbons (Fsp3) is 0.333. The Morgan fingerprint density at radius 2 is 1.88 bits per heavy atom. The van der Waals surface area contributed by atoms with Crippen LogP contribution >= 0.6 is 11.6 Å². The summed E-state index contributed by atoms with van der Waals surface area (Å²) in [5.74, 6) is -1.01. The molecule has 1 rings (SSSR count). The van der Waals surface area contributed by atoms with Gasteiger partial charge in [0.05, 0.1) is 12.8 Å². The van der Waals surface area contributed by atoms with Crippen LogP contribution in [-0.4, -0.2) is 35.5 Å². The van der Waals surface area contributed by atoms with E-state index in [4.69, 9.17) is 16.7 Å². The molecule has 0 atom stereocenters. The second-order valence-electron chi connectivity index (χ2n) is 3.76. The molecule has 0 spiro atoms. The summed E-state index contributed by atoms with van der Waals surface area (Å²) >= 11 is 5.73. The van der Waals surface area contributed by atoms with Crippen LogP contribution in [0.3, 0.4) is 0 Å². The molecular weight excluding hydrogens is 242 g/mol. The number of hydrogen-bond acceptors (Lipinski definition) is 2. The molecule has 4 nitrogen and oxygen atoms in total. The average Bonchev–Trinajstić information content (AvgIpc) is 2.28. The topological polar surface area (TPSA) is 57.6 Å². The maximum absolute atomic E-state index is 11.7. The van der Waals surface area contributed by atoms with E-state index in [0.717, 1.165) is 5.56 Å². The van der Waals surface area contributed by atoms with E-state index in [1.807, 2.05) is 0 Å². The van der Waals surface area contributed by atoms with Crippen LogP contribution in [0.5, 0.6) is 0 Å². The predicted molar refractivity (Wildman–Crippen MR) is 65.0 cm³/mol. The number of carbonyl (C=O) groups is 2. The zero-order chi connectivity index (χ0) is 12.8. The Labute approximate surface area is 105 Å². The van der Waals surface area contributed by atoms with Crippen molar-refractivity contribution in [1.82, 2.24) is 4.90 Å². The molecule has 0 unspecified atom stereocenters. The second-order valence-corrected chi connectivity index (χ2v) is 4.20. The third-order valence-electron chi connectivity index (χ3n) is 2.36. The lowest BCUT2D eigenvalue weighted by molar-refractivity contribution is -0.138. The molecule has 0 aliphatic rings. The highest BCUT2D eigenvalue weighted by atomic mass is 35.5. The van der Waals surface area contributed by atoms with Gasteiger partial charge in [0.25, 0.3) is 0 Å².